The van der Waals surface area contributed by atoms with Gasteiger partial charge in [0.05, 0.1) is 37.9 Å². The topological polar surface area (TPSA) is 272 Å². The van der Waals surface area contributed by atoms with Crippen LogP contribution in [0.25, 0.3) is 0 Å². The fourth-order valence-electron chi connectivity index (χ4n) is 5.30. The molecule has 0 aromatic heterocycles. The average Bonchev–Trinajstić information content (AvgIpc) is 2.99. The van der Waals surface area contributed by atoms with Gasteiger partial charge in [0.1, 0.15) is 60.8 Å². The maximum Gasteiger partial charge on any atom is 0.176 e. The lowest BCUT2D eigenvalue weighted by atomic mass is 9.94. The molecular formula is C25H39ClFN3O13. The van der Waals surface area contributed by atoms with Crippen molar-refractivity contribution in [1.82, 2.24) is 5.32 Å². The lowest BCUT2D eigenvalue weighted by molar-refractivity contribution is -0.350. The number of rotatable bonds is 10. The van der Waals surface area contributed by atoms with Crippen LogP contribution in [0.3, 0.4) is 0 Å². The van der Waals surface area contributed by atoms with Crippen molar-refractivity contribution in [2.45, 2.75) is 98.5 Å². The fraction of sp³-hybridized carbons (Fsp3) is 0.760. The molecule has 0 bridgehead atoms. The van der Waals surface area contributed by atoms with Gasteiger partial charge in [0.2, 0.25) is 0 Å². The summed E-state index contributed by atoms with van der Waals surface area (Å²) in [6.45, 7) is -2.46. The van der Waals surface area contributed by atoms with Crippen LogP contribution in [0.2, 0.25) is 5.02 Å². The number of halogens is 2. The second-order valence-corrected chi connectivity index (χ2v) is 11.0. The minimum Gasteiger partial charge on any atom is -0.394 e. The summed E-state index contributed by atoms with van der Waals surface area (Å²) in [7, 11) is 0. The summed E-state index contributed by atoms with van der Waals surface area (Å²) in [4.78, 5) is 0. The molecule has 3 saturated heterocycles. The lowest BCUT2D eigenvalue weighted by Gasteiger charge is -2.49. The molecule has 0 aliphatic carbocycles. The van der Waals surface area contributed by atoms with E-state index >= 15 is 0 Å². The number of hydrogen-bond acceptors (Lipinski definition) is 16. The van der Waals surface area contributed by atoms with Crippen LogP contribution in [-0.2, 0) is 30.2 Å². The number of hydrogen-bond donors (Lipinski definition) is 11. The SMILES string of the molecule is N[C@H]1[C@H](OC2[C@@H](CO)O[C@@H](OC3[C@@H](CO)O[C@@H](O)[C@H](N)[C@H]3O)[C@H](NCc3c(F)cccc3Cl)[C@H]2O)O[C@H](CO)[C@@H](O)[C@@H]1O. The zero-order valence-electron chi connectivity index (χ0n) is 22.8. The highest BCUT2D eigenvalue weighted by molar-refractivity contribution is 6.31. The Kier molecular flexibility index (Phi) is 12.0. The van der Waals surface area contributed by atoms with Gasteiger partial charge in [-0.25, -0.2) is 4.39 Å². The van der Waals surface area contributed by atoms with E-state index in [0.29, 0.717) is 0 Å². The van der Waals surface area contributed by atoms with Gasteiger partial charge in [0.25, 0.3) is 0 Å². The number of aliphatic hydroxyl groups is 8. The molecule has 13 N–H and O–H groups in total. The molecule has 16 nitrogen and oxygen atoms in total. The molecule has 2 unspecified atom stereocenters. The van der Waals surface area contributed by atoms with Crippen molar-refractivity contribution in [3.05, 3.63) is 34.6 Å². The van der Waals surface area contributed by atoms with Crippen molar-refractivity contribution in [1.29, 1.82) is 0 Å². The Morgan fingerprint density at radius 2 is 1.35 bits per heavy atom. The summed E-state index contributed by atoms with van der Waals surface area (Å²) in [5.41, 5.74) is 11.8. The highest BCUT2D eigenvalue weighted by atomic mass is 35.5. The first-order valence-corrected chi connectivity index (χ1v) is 14.0. The monoisotopic (exact) mass is 643 g/mol. The molecule has 0 amide bonds. The highest BCUT2D eigenvalue weighted by Gasteiger charge is 2.53. The molecule has 0 radical (unpaired) electrons. The van der Waals surface area contributed by atoms with Crippen LogP contribution < -0.4 is 16.8 Å². The third-order valence-corrected chi connectivity index (χ3v) is 8.22. The molecule has 15 atom stereocenters. The third kappa shape index (κ3) is 7.29. The quantitative estimate of drug-likeness (QED) is 0.114. The van der Waals surface area contributed by atoms with Crippen molar-refractivity contribution >= 4 is 11.6 Å². The molecule has 246 valence electrons. The fourth-order valence-corrected chi connectivity index (χ4v) is 5.52. The minimum atomic E-state index is -1.66. The maximum absolute atomic E-state index is 14.6. The molecule has 3 fully saturated rings. The molecule has 43 heavy (non-hydrogen) atoms. The van der Waals surface area contributed by atoms with Gasteiger partial charge in [-0.05, 0) is 12.1 Å². The van der Waals surface area contributed by atoms with Gasteiger partial charge in [0.15, 0.2) is 18.9 Å². The van der Waals surface area contributed by atoms with Gasteiger partial charge in [0, 0.05) is 17.1 Å². The van der Waals surface area contributed by atoms with Gasteiger partial charge in [-0.15, -0.1) is 0 Å². The predicted octanol–water partition coefficient (Wildman–Crippen LogP) is -5.05. The Labute approximate surface area is 250 Å². The van der Waals surface area contributed by atoms with Crippen LogP contribution in [-0.4, -0.2) is 153 Å². The maximum atomic E-state index is 14.6. The molecule has 4 rings (SSSR count). The minimum absolute atomic E-state index is 0.0248. The number of benzene rings is 1. The van der Waals surface area contributed by atoms with Gasteiger partial charge in [-0.2, -0.15) is 0 Å². The third-order valence-electron chi connectivity index (χ3n) is 7.86. The Hall–Kier alpha value is -1.20. The molecule has 0 spiro atoms. The molecule has 3 aliphatic rings. The van der Waals surface area contributed by atoms with E-state index in [2.05, 4.69) is 5.32 Å². The summed E-state index contributed by atoms with van der Waals surface area (Å²) < 4.78 is 43.0. The number of nitrogens with two attached hydrogens (primary N) is 2. The van der Waals surface area contributed by atoms with Crippen molar-refractivity contribution in [2.24, 2.45) is 11.5 Å². The predicted molar refractivity (Wildman–Crippen MR) is 141 cm³/mol. The van der Waals surface area contributed by atoms with Crippen molar-refractivity contribution in [3.8, 4) is 0 Å². The van der Waals surface area contributed by atoms with Crippen LogP contribution in [0.1, 0.15) is 5.56 Å². The Morgan fingerprint density at radius 1 is 0.767 bits per heavy atom. The highest BCUT2D eigenvalue weighted by Crippen LogP contribution is 2.32. The van der Waals surface area contributed by atoms with Crippen LogP contribution in [0.4, 0.5) is 4.39 Å². The Bertz CT molecular complexity index is 1030. The smallest absolute Gasteiger partial charge is 0.176 e. The van der Waals surface area contributed by atoms with E-state index in [-0.39, 0.29) is 17.1 Å². The van der Waals surface area contributed by atoms with Crippen molar-refractivity contribution in [3.63, 3.8) is 0 Å². The second-order valence-electron chi connectivity index (χ2n) is 10.6. The van der Waals surface area contributed by atoms with Crippen LogP contribution in [0.15, 0.2) is 18.2 Å². The molecule has 18 heteroatoms. The van der Waals surface area contributed by atoms with Crippen LogP contribution in [0.5, 0.6) is 0 Å². The van der Waals surface area contributed by atoms with E-state index in [0.717, 1.165) is 0 Å². The molecular weight excluding hydrogens is 605 g/mol. The molecule has 3 aliphatic heterocycles. The lowest BCUT2D eigenvalue weighted by Crippen LogP contribution is -2.70. The van der Waals surface area contributed by atoms with E-state index in [1.807, 2.05) is 0 Å². The van der Waals surface area contributed by atoms with Crippen LogP contribution in [0, 0.1) is 5.82 Å². The van der Waals surface area contributed by atoms with Gasteiger partial charge in [-0.3, -0.25) is 0 Å². The number of ether oxygens (including phenoxy) is 5. The largest absolute Gasteiger partial charge is 0.394 e. The summed E-state index contributed by atoms with van der Waals surface area (Å²) in [6, 6.07) is -0.00894. The first kappa shape index (κ1) is 34.7. The van der Waals surface area contributed by atoms with Crippen molar-refractivity contribution in [2.75, 3.05) is 19.8 Å². The standard InChI is InChI=1S/C25H39ClFN3O13/c26-9-2-1-3-10(27)8(9)4-30-16-20(37)22(42-24-15(29)18(35)17(34)11(5-31)40-24)13(7-33)41-25(16)43-21-12(6-32)39-23(38)14(28)19(21)36/h1-3,11-25,30-38H,4-7,28-29H2/t11-,12-,13-,14-,15-,16-,17-,18-,19-,20-,21?,22?,23-,24+,25+/m1/s1. The summed E-state index contributed by atoms with van der Waals surface area (Å²) >= 11 is 6.16. The summed E-state index contributed by atoms with van der Waals surface area (Å²) in [6.07, 6.45) is -17.8. The van der Waals surface area contributed by atoms with E-state index in [9.17, 15) is 45.2 Å². The molecule has 1 aromatic carbocycles. The molecule has 3 heterocycles. The van der Waals surface area contributed by atoms with E-state index in [4.69, 9.17) is 46.8 Å². The normalized spacial score (nSPS) is 44.0. The van der Waals surface area contributed by atoms with Gasteiger partial charge in [-0.1, -0.05) is 17.7 Å². The number of nitrogens with one attached hydrogen (secondary N) is 1. The zero-order chi connectivity index (χ0) is 31.6. The van der Waals surface area contributed by atoms with E-state index < -0.39 is 118 Å². The first-order valence-electron chi connectivity index (χ1n) is 13.6. The van der Waals surface area contributed by atoms with Gasteiger partial charge < -0.3 is 81.3 Å². The first-order chi connectivity index (χ1) is 20.4. The van der Waals surface area contributed by atoms with Crippen molar-refractivity contribution < 1.29 is 68.9 Å². The van der Waals surface area contributed by atoms with E-state index in [1.165, 1.54) is 18.2 Å². The number of aliphatic hydroxyl groups excluding tert-OH is 8. The van der Waals surface area contributed by atoms with Gasteiger partial charge >= 0.3 is 0 Å². The Balaban J connectivity index is 1.62. The molecule has 0 saturated carbocycles. The van der Waals surface area contributed by atoms with E-state index in [1.54, 1.807) is 0 Å². The summed E-state index contributed by atoms with van der Waals surface area (Å²) in [5, 5.41) is 85.1. The molecule has 1 aromatic rings. The summed E-state index contributed by atoms with van der Waals surface area (Å²) in [5.74, 6) is -0.662. The van der Waals surface area contributed by atoms with Crippen LogP contribution >= 0.6 is 11.6 Å². The second kappa shape index (κ2) is 14.9. The zero-order valence-corrected chi connectivity index (χ0v) is 23.5. The Morgan fingerprint density at radius 3 is 1.98 bits per heavy atom. The average molecular weight is 644 g/mol.